The van der Waals surface area contributed by atoms with Crippen LogP contribution < -0.4 is 0 Å². The molecular weight excluding hydrogens is 335 g/mol. The van der Waals surface area contributed by atoms with Crippen molar-refractivity contribution in [2.75, 3.05) is 0 Å². The van der Waals surface area contributed by atoms with Crippen molar-refractivity contribution in [2.24, 2.45) is 0 Å². The molecule has 0 aromatic carbocycles. The van der Waals surface area contributed by atoms with Crippen molar-refractivity contribution in [3.05, 3.63) is 0 Å². The average molecular weight is 345 g/mol. The summed E-state index contributed by atoms with van der Waals surface area (Å²) in [5.41, 5.74) is 0. The molecule has 0 heterocycles. The van der Waals surface area contributed by atoms with E-state index in [-0.39, 0.29) is 14.6 Å². The third-order valence-corrected chi connectivity index (χ3v) is 5.86. The van der Waals surface area contributed by atoms with Crippen molar-refractivity contribution in [1.82, 2.24) is 0 Å². The largest absolute Gasteiger partial charge is 0.269 e. The Morgan fingerprint density at radius 3 is 0.571 bits per heavy atom. The Morgan fingerprint density at radius 1 is 0.429 bits per heavy atom. The van der Waals surface area contributed by atoms with Crippen LogP contribution in [-0.2, 0) is 0 Å². The zero-order valence-electron chi connectivity index (χ0n) is 6.85. The van der Waals surface area contributed by atoms with Crippen molar-refractivity contribution < 1.29 is 4.70 Å². The molecule has 0 N–H and O–H groups in total. The van der Waals surface area contributed by atoms with Gasteiger partial charge in [-0.2, -0.15) is 9.90 Å². The summed E-state index contributed by atoms with van der Waals surface area (Å²) in [6.45, 7) is 0. The number of hydrogen-bond donors (Lipinski definition) is 0. The first-order chi connectivity index (χ1) is 5.46. The lowest BCUT2D eigenvalue weighted by Gasteiger charge is -2.37. The van der Waals surface area contributed by atoms with Gasteiger partial charge >= 0.3 is 0 Å². The van der Waals surface area contributed by atoms with Gasteiger partial charge in [-0.05, 0) is 0 Å². The molecule has 1 fully saturated rings. The van der Waals surface area contributed by atoms with Gasteiger partial charge in [0, 0.05) is 0 Å². The van der Waals surface area contributed by atoms with Gasteiger partial charge in [-0.25, -0.2) is 0 Å². The molecule has 0 nitrogen and oxygen atoms in total. The van der Waals surface area contributed by atoms with Crippen LogP contribution in [0.4, 0.5) is 4.70 Å². The first kappa shape index (κ1) is 18.5. The zero-order chi connectivity index (χ0) is 9.46. The van der Waals surface area contributed by atoms with Gasteiger partial charge in [0.2, 0.25) is 0 Å². The predicted octanol–water partition coefficient (Wildman–Crippen LogP) is 3.86. The van der Waals surface area contributed by atoms with Crippen molar-refractivity contribution in [1.29, 1.82) is 0 Å². The van der Waals surface area contributed by atoms with E-state index in [2.05, 4.69) is 0 Å². The highest BCUT2D eigenvalue weighted by molar-refractivity contribution is 6.92. The number of halogens is 7. The molecule has 1 rings (SSSR count). The molecule has 0 radical (unpaired) electrons. The van der Waals surface area contributed by atoms with Crippen LogP contribution in [-0.4, -0.2) is 32.3 Å². The van der Waals surface area contributed by atoms with Crippen molar-refractivity contribution in [2.45, 2.75) is 32.3 Å². The number of rotatable bonds is 0. The lowest BCUT2D eigenvalue weighted by atomic mass is 9.97. The Hall–Kier alpha value is 2.10. The van der Waals surface area contributed by atoms with E-state index in [0.717, 1.165) is 0 Å². The lowest BCUT2D eigenvalue weighted by molar-refractivity contribution is 0.544. The maximum absolute atomic E-state index is 5.88. The second kappa shape index (κ2) is 7.43. The van der Waals surface area contributed by atoms with Crippen LogP contribution in [0.15, 0.2) is 0 Å². The fourth-order valence-electron chi connectivity index (χ4n) is 1.05. The second-order valence-corrected chi connectivity index (χ2v) is 5.69. The third kappa shape index (κ3) is 3.55. The summed E-state index contributed by atoms with van der Waals surface area (Å²) in [5.74, 6) is 0. The Labute approximate surface area is 116 Å². The van der Waals surface area contributed by atoms with E-state index in [1.165, 1.54) is 0 Å². The molecule has 0 aliphatic heterocycles. The van der Waals surface area contributed by atoms with Gasteiger partial charge in [0.1, 0.15) is 0 Å². The van der Waals surface area contributed by atoms with E-state index in [1.807, 2.05) is 0 Å². The number of hydrogen-bond acceptors (Lipinski definition) is 0. The predicted molar refractivity (Wildman–Crippen MR) is 71.5 cm³/mol. The molecule has 0 bridgehead atoms. The second-order valence-electron chi connectivity index (χ2n) is 2.67. The smallest absolute Gasteiger partial charge is 0.0693 e. The van der Waals surface area contributed by atoms with Crippen LogP contribution in [0.2, 0.25) is 0 Å². The fraction of sp³-hybridized carbons (Fsp3) is 1.00. The maximum Gasteiger partial charge on any atom is 0.0693 e. The maximum atomic E-state index is 5.88. The molecule has 1 atom stereocenters. The minimum atomic E-state index is -0.437. The van der Waals surface area contributed by atoms with Crippen LogP contribution in [0.25, 0.3) is 0 Å². The topological polar surface area (TPSA) is 0 Å². The lowest BCUT2D eigenvalue weighted by Crippen LogP contribution is -2.52. The average Bonchev–Trinajstić information content (AvgIpc) is 2.08. The zero-order valence-corrected chi connectivity index (χ0v) is 12.8. The highest BCUT2D eigenvalue weighted by Gasteiger charge is 2.46. The fourth-order valence-corrected chi connectivity index (χ4v) is 3.38. The SMILES string of the molecule is ClC1C(Cl)C(Cl)C(Cl)C(Cl)C1Cl.F.P. The van der Waals surface area contributed by atoms with Crippen LogP contribution in [0, 0.1) is 0 Å². The first-order valence-corrected chi connectivity index (χ1v) is 5.93. The van der Waals surface area contributed by atoms with Crippen LogP contribution in [0.5, 0.6) is 0 Å². The summed E-state index contributed by atoms with van der Waals surface area (Å²) in [6, 6.07) is 0. The van der Waals surface area contributed by atoms with Crippen molar-refractivity contribution in [3.63, 3.8) is 0 Å². The van der Waals surface area contributed by atoms with E-state index in [1.54, 1.807) is 0 Å². The summed E-state index contributed by atoms with van der Waals surface area (Å²) < 4.78 is 0. The van der Waals surface area contributed by atoms with E-state index >= 15 is 0 Å². The normalized spacial score (nSPS) is 47.6. The Balaban J connectivity index is 0. The Bertz CT molecular complexity index is 114. The Kier molecular flexibility index (Phi) is 9.80. The summed E-state index contributed by atoms with van der Waals surface area (Å²) in [4.78, 5) is 0. The first-order valence-electron chi connectivity index (χ1n) is 3.31. The van der Waals surface area contributed by atoms with Crippen molar-refractivity contribution >= 4 is 79.5 Å². The summed E-state index contributed by atoms with van der Waals surface area (Å²) in [7, 11) is 0. The standard InChI is InChI=1S/C6H6Cl6.FH.H3P/c7-1-2(8)4(10)6(12)5(11)3(1)9;;/h1-6H;1H;1H3. The summed E-state index contributed by atoms with van der Waals surface area (Å²) in [6.07, 6.45) is 0. The van der Waals surface area contributed by atoms with Gasteiger partial charge in [0.05, 0.1) is 32.3 Å². The highest BCUT2D eigenvalue weighted by Crippen LogP contribution is 2.39. The van der Waals surface area contributed by atoms with Gasteiger partial charge in [-0.15, -0.1) is 69.6 Å². The Morgan fingerprint density at radius 2 is 0.500 bits per heavy atom. The molecule has 0 saturated heterocycles. The van der Waals surface area contributed by atoms with Gasteiger partial charge in [-0.1, -0.05) is 0 Å². The molecular formula is C6H10Cl6FP. The molecule has 1 aliphatic rings. The van der Waals surface area contributed by atoms with E-state index in [4.69, 9.17) is 69.6 Å². The minimum Gasteiger partial charge on any atom is -0.269 e. The molecule has 8 heteroatoms. The molecule has 0 spiro atoms. The molecule has 1 saturated carbocycles. The minimum absolute atomic E-state index is 0. The highest BCUT2D eigenvalue weighted by atomic mass is 35.5. The van der Waals surface area contributed by atoms with Gasteiger partial charge in [-0.3, -0.25) is 4.70 Å². The van der Waals surface area contributed by atoms with E-state index in [9.17, 15) is 0 Å². The molecule has 1 unspecified atom stereocenters. The molecule has 14 heavy (non-hydrogen) atoms. The monoisotopic (exact) mass is 342 g/mol. The van der Waals surface area contributed by atoms with E-state index in [0.29, 0.717) is 0 Å². The summed E-state index contributed by atoms with van der Waals surface area (Å²) >= 11 is 35.3. The van der Waals surface area contributed by atoms with E-state index < -0.39 is 32.3 Å². The molecule has 88 valence electrons. The molecule has 0 amide bonds. The third-order valence-electron chi connectivity index (χ3n) is 1.83. The van der Waals surface area contributed by atoms with Crippen LogP contribution in [0.3, 0.4) is 0 Å². The molecule has 1 aliphatic carbocycles. The van der Waals surface area contributed by atoms with Gasteiger partial charge in [0.15, 0.2) is 0 Å². The van der Waals surface area contributed by atoms with Gasteiger partial charge < -0.3 is 0 Å². The molecule has 0 aromatic heterocycles. The van der Waals surface area contributed by atoms with Gasteiger partial charge in [0.25, 0.3) is 0 Å². The molecule has 0 aromatic rings. The van der Waals surface area contributed by atoms with Crippen LogP contribution >= 0.6 is 79.5 Å². The van der Waals surface area contributed by atoms with Crippen molar-refractivity contribution in [3.8, 4) is 0 Å². The quantitative estimate of drug-likeness (QED) is 0.462. The van der Waals surface area contributed by atoms with Crippen LogP contribution in [0.1, 0.15) is 0 Å². The summed E-state index contributed by atoms with van der Waals surface area (Å²) in [5, 5.41) is -2.62. The number of alkyl halides is 6.